The van der Waals surface area contributed by atoms with Gasteiger partial charge in [-0.1, -0.05) is 43.3 Å². The van der Waals surface area contributed by atoms with Gasteiger partial charge >= 0.3 is 5.97 Å². The van der Waals surface area contributed by atoms with E-state index in [1.165, 1.54) is 0 Å². The molecule has 0 saturated carbocycles. The summed E-state index contributed by atoms with van der Waals surface area (Å²) in [6.07, 6.45) is 6.23. The summed E-state index contributed by atoms with van der Waals surface area (Å²) in [5.74, 6) is 1.04. The van der Waals surface area contributed by atoms with Gasteiger partial charge in [-0.3, -0.25) is 0 Å². The first-order valence-corrected chi connectivity index (χ1v) is 13.4. The third-order valence-electron chi connectivity index (χ3n) is 6.49. The van der Waals surface area contributed by atoms with Gasteiger partial charge in [-0.15, -0.1) is 13.2 Å². The van der Waals surface area contributed by atoms with E-state index < -0.39 is 12.1 Å². The molecule has 0 spiro atoms. The quantitative estimate of drug-likeness (QED) is 0.0816. The fourth-order valence-electron chi connectivity index (χ4n) is 4.36. The number of methoxy groups -OCH3 is 3. The summed E-state index contributed by atoms with van der Waals surface area (Å²) in [7, 11) is 4.79. The van der Waals surface area contributed by atoms with Crippen molar-refractivity contribution in [3.63, 3.8) is 0 Å². The third kappa shape index (κ3) is 10.9. The molecule has 0 heterocycles. The van der Waals surface area contributed by atoms with E-state index >= 15 is 0 Å². The highest BCUT2D eigenvalue weighted by Gasteiger charge is 2.27. The molecule has 0 N–H and O–H groups in total. The molecule has 0 fully saturated rings. The van der Waals surface area contributed by atoms with E-state index in [0.29, 0.717) is 50.2 Å². The van der Waals surface area contributed by atoms with Gasteiger partial charge in [0.05, 0.1) is 26.9 Å². The highest BCUT2D eigenvalue weighted by atomic mass is 16.7. The summed E-state index contributed by atoms with van der Waals surface area (Å²) >= 11 is 0. The molecule has 0 radical (unpaired) electrons. The Bertz CT molecular complexity index is 1000. The van der Waals surface area contributed by atoms with Crippen molar-refractivity contribution >= 4 is 5.97 Å². The number of hydrogen-bond acceptors (Lipinski definition) is 7. The number of hydrogen-bond donors (Lipinski definition) is 0. The number of carbonyl (C=O) groups excluding carboxylic acids is 1. The van der Waals surface area contributed by atoms with Crippen molar-refractivity contribution in [3.05, 3.63) is 84.5 Å². The third-order valence-corrected chi connectivity index (χ3v) is 6.49. The molecule has 2 rings (SSSR count). The van der Waals surface area contributed by atoms with Gasteiger partial charge in [-0.25, -0.2) is 4.79 Å². The van der Waals surface area contributed by atoms with Gasteiger partial charge in [-0.05, 0) is 60.9 Å². The second-order valence-corrected chi connectivity index (χ2v) is 9.41. The normalized spacial score (nSPS) is 13.2. The van der Waals surface area contributed by atoms with Gasteiger partial charge < -0.3 is 28.4 Å². The van der Waals surface area contributed by atoms with Gasteiger partial charge in [0.15, 0.2) is 0 Å². The smallest absolute Gasteiger partial charge is 0.342 e. The lowest BCUT2D eigenvalue weighted by atomic mass is 9.94. The number of allylic oxidation sites excluding steroid dienone is 2. The Hall–Kier alpha value is -3.13. The first-order chi connectivity index (χ1) is 19.0. The van der Waals surface area contributed by atoms with Crippen LogP contribution in [0.3, 0.4) is 0 Å². The minimum absolute atomic E-state index is 0.160. The lowest BCUT2D eigenvalue weighted by molar-refractivity contribution is -0.103. The van der Waals surface area contributed by atoms with Gasteiger partial charge in [-0.2, -0.15) is 0 Å². The summed E-state index contributed by atoms with van der Waals surface area (Å²) in [4.78, 5) is 13.5. The molecule has 214 valence electrons. The number of esters is 1. The molecule has 3 atom stereocenters. The van der Waals surface area contributed by atoms with Crippen LogP contribution in [0.25, 0.3) is 0 Å². The fraction of sp³-hybridized carbons (Fsp3) is 0.469. The SMILES string of the molecule is C=CCc1cccc(OC)c1C(=O)O[C@@H](CCCOCc1ccc(OC)cc1)C[C@@H](OCOC)[C@@H](C)CC=C. The zero-order chi connectivity index (χ0) is 28.5. The zero-order valence-electron chi connectivity index (χ0n) is 23.9. The Morgan fingerprint density at radius 1 is 1.00 bits per heavy atom. The summed E-state index contributed by atoms with van der Waals surface area (Å²) in [6, 6.07) is 13.3. The van der Waals surface area contributed by atoms with E-state index in [2.05, 4.69) is 20.1 Å². The van der Waals surface area contributed by atoms with Crippen LogP contribution in [0.2, 0.25) is 0 Å². The molecular weight excluding hydrogens is 496 g/mol. The van der Waals surface area contributed by atoms with E-state index in [1.807, 2.05) is 42.5 Å². The fourth-order valence-corrected chi connectivity index (χ4v) is 4.36. The molecule has 0 amide bonds. The Morgan fingerprint density at radius 2 is 1.77 bits per heavy atom. The van der Waals surface area contributed by atoms with Crippen LogP contribution in [0.5, 0.6) is 11.5 Å². The van der Waals surface area contributed by atoms with E-state index in [-0.39, 0.29) is 18.8 Å². The maximum atomic E-state index is 13.5. The zero-order valence-corrected chi connectivity index (χ0v) is 23.9. The number of rotatable bonds is 20. The number of benzene rings is 2. The lowest BCUT2D eigenvalue weighted by Gasteiger charge is -2.28. The van der Waals surface area contributed by atoms with E-state index in [1.54, 1.807) is 33.5 Å². The van der Waals surface area contributed by atoms with Gasteiger partial charge in [0.2, 0.25) is 0 Å². The van der Waals surface area contributed by atoms with Crippen LogP contribution in [0, 0.1) is 5.92 Å². The molecule has 39 heavy (non-hydrogen) atoms. The number of carbonyl (C=O) groups is 1. The van der Waals surface area contributed by atoms with Crippen molar-refractivity contribution in [3.8, 4) is 11.5 Å². The predicted octanol–water partition coefficient (Wildman–Crippen LogP) is 6.55. The molecule has 0 aliphatic carbocycles. The molecule has 2 aromatic carbocycles. The van der Waals surface area contributed by atoms with Crippen LogP contribution in [0.1, 0.15) is 54.1 Å². The largest absolute Gasteiger partial charge is 0.497 e. The summed E-state index contributed by atoms with van der Waals surface area (Å²) in [5.41, 5.74) is 2.30. The minimum atomic E-state index is -0.421. The molecule has 0 aromatic heterocycles. The second kappa shape index (κ2) is 18.2. The van der Waals surface area contributed by atoms with Crippen LogP contribution in [0.15, 0.2) is 67.8 Å². The monoisotopic (exact) mass is 540 g/mol. The average molecular weight is 541 g/mol. The number of ether oxygens (including phenoxy) is 6. The van der Waals surface area contributed by atoms with Crippen molar-refractivity contribution in [2.24, 2.45) is 5.92 Å². The lowest BCUT2D eigenvalue weighted by Crippen LogP contribution is -2.31. The van der Waals surface area contributed by atoms with Crippen molar-refractivity contribution in [1.29, 1.82) is 0 Å². The maximum absolute atomic E-state index is 13.5. The molecule has 0 unspecified atom stereocenters. The summed E-state index contributed by atoms with van der Waals surface area (Å²) in [5, 5.41) is 0. The molecular formula is C32H44O7. The molecule has 7 nitrogen and oxygen atoms in total. The van der Waals surface area contributed by atoms with Crippen LogP contribution >= 0.6 is 0 Å². The highest BCUT2D eigenvalue weighted by molar-refractivity contribution is 5.94. The predicted molar refractivity (Wildman–Crippen MR) is 153 cm³/mol. The van der Waals surface area contributed by atoms with Crippen LogP contribution in [0.4, 0.5) is 0 Å². The van der Waals surface area contributed by atoms with Crippen molar-refractivity contribution in [2.75, 3.05) is 34.7 Å². The topological polar surface area (TPSA) is 72.5 Å². The molecule has 0 aliphatic heterocycles. The average Bonchev–Trinajstić information content (AvgIpc) is 2.95. The standard InChI is InChI=1S/C32H44O7/c1-7-11-24(3)30(38-23-34-4)21-28(14-10-20-37-22-25-16-18-27(35-5)19-17-25)39-32(33)31-26(12-8-2)13-9-15-29(31)36-6/h7-9,13,15-19,24,28,30H,1-2,10-12,14,20-23H2,3-6H3/t24-,28-,30+/m0/s1. The van der Waals surface area contributed by atoms with Crippen LogP contribution in [-0.4, -0.2) is 52.9 Å². The van der Waals surface area contributed by atoms with E-state index in [0.717, 1.165) is 23.3 Å². The molecule has 0 aliphatic rings. The van der Waals surface area contributed by atoms with Crippen LogP contribution in [-0.2, 0) is 32.0 Å². The molecule has 7 heteroatoms. The van der Waals surface area contributed by atoms with Crippen molar-refractivity contribution < 1.29 is 33.2 Å². The molecule has 0 bridgehead atoms. The van der Waals surface area contributed by atoms with E-state index in [9.17, 15) is 4.79 Å². The first-order valence-electron chi connectivity index (χ1n) is 13.4. The maximum Gasteiger partial charge on any atom is 0.342 e. The summed E-state index contributed by atoms with van der Waals surface area (Å²) in [6.45, 7) is 11.0. The van der Waals surface area contributed by atoms with Crippen molar-refractivity contribution in [1.82, 2.24) is 0 Å². The molecule has 2 aromatic rings. The Morgan fingerprint density at radius 3 is 2.41 bits per heavy atom. The first kappa shape index (κ1) is 32.1. The van der Waals surface area contributed by atoms with E-state index in [4.69, 9.17) is 28.4 Å². The van der Waals surface area contributed by atoms with Gasteiger partial charge in [0.25, 0.3) is 0 Å². The Labute approximate surface area is 233 Å². The van der Waals surface area contributed by atoms with Gasteiger partial charge in [0, 0.05) is 20.1 Å². The van der Waals surface area contributed by atoms with Gasteiger partial charge in [0.1, 0.15) is 30.0 Å². The second-order valence-electron chi connectivity index (χ2n) is 9.41. The molecule has 0 saturated heterocycles. The Kier molecular flexibility index (Phi) is 15.0. The summed E-state index contributed by atoms with van der Waals surface area (Å²) < 4.78 is 33.9. The Balaban J connectivity index is 2.12. The van der Waals surface area contributed by atoms with Crippen LogP contribution < -0.4 is 9.47 Å². The highest BCUT2D eigenvalue weighted by Crippen LogP contribution is 2.27. The van der Waals surface area contributed by atoms with Crippen molar-refractivity contribution in [2.45, 2.75) is 57.8 Å². The minimum Gasteiger partial charge on any atom is -0.497 e.